The molecular weight excluding hydrogens is 436 g/mol. The maximum atomic E-state index is 13.3. The van der Waals surface area contributed by atoms with E-state index in [1.165, 1.54) is 5.57 Å². The number of allylic oxidation sites excluding steroid dienone is 1. The zero-order valence-electron chi connectivity index (χ0n) is 23.4. The van der Waals surface area contributed by atoms with Gasteiger partial charge in [-0.1, -0.05) is 53.2 Å². The summed E-state index contributed by atoms with van der Waals surface area (Å²) in [4.78, 5) is 13.3. The first-order chi connectivity index (χ1) is 16.0. The van der Waals surface area contributed by atoms with E-state index in [4.69, 9.17) is 0 Å². The van der Waals surface area contributed by atoms with Crippen molar-refractivity contribution >= 4 is 5.78 Å². The van der Waals surface area contributed by atoms with Gasteiger partial charge in [0.15, 0.2) is 0 Å². The molecule has 0 saturated heterocycles. The first kappa shape index (κ1) is 25.9. The summed E-state index contributed by atoms with van der Waals surface area (Å²) in [5.74, 6) is 1.07. The van der Waals surface area contributed by atoms with E-state index in [2.05, 4.69) is 47.6 Å². The predicted molar refractivity (Wildman–Crippen MR) is 139 cm³/mol. The second kappa shape index (κ2) is 7.44. The quantitative estimate of drug-likeness (QED) is 0.417. The Hall–Kier alpha value is -0.710. The number of aliphatic hydroxyl groups excluding tert-OH is 2. The smallest absolute Gasteiger partial charge is 0.136 e. The van der Waals surface area contributed by atoms with Gasteiger partial charge in [-0.05, 0) is 105 Å². The second-order valence-electron chi connectivity index (χ2n) is 15.1. The fourth-order valence-electron chi connectivity index (χ4n) is 11.2. The Morgan fingerprint density at radius 3 is 2.23 bits per heavy atom. The van der Waals surface area contributed by atoms with Crippen molar-refractivity contribution < 1.29 is 20.1 Å². The maximum absolute atomic E-state index is 13.3. The van der Waals surface area contributed by atoms with Crippen molar-refractivity contribution in [3.63, 3.8) is 0 Å². The van der Waals surface area contributed by atoms with Crippen LogP contribution < -0.4 is 0 Å². The Bertz CT molecular complexity index is 950. The van der Waals surface area contributed by atoms with Crippen LogP contribution >= 0.6 is 0 Å². The number of rotatable bonds is 1. The average molecular weight is 487 g/mol. The minimum Gasteiger partial charge on any atom is -0.390 e. The van der Waals surface area contributed by atoms with Crippen LogP contribution in [0.5, 0.6) is 0 Å². The number of ketones is 1. The highest BCUT2D eigenvalue weighted by Gasteiger charge is 2.71. The monoisotopic (exact) mass is 486 g/mol. The molecule has 0 aromatic carbocycles. The lowest BCUT2D eigenvalue weighted by Gasteiger charge is -2.72. The Kier molecular flexibility index (Phi) is 5.51. The molecule has 3 N–H and O–H groups in total. The van der Waals surface area contributed by atoms with E-state index >= 15 is 0 Å². The van der Waals surface area contributed by atoms with Crippen LogP contribution in [-0.2, 0) is 4.79 Å². The molecule has 11 atom stereocenters. The molecule has 0 bridgehead atoms. The number of hydrogen-bond donors (Lipinski definition) is 3. The summed E-state index contributed by atoms with van der Waals surface area (Å²) in [5, 5.41) is 33.9. The van der Waals surface area contributed by atoms with Gasteiger partial charge in [-0.3, -0.25) is 4.79 Å². The minimum atomic E-state index is -0.894. The molecule has 4 nitrogen and oxygen atoms in total. The Labute approximate surface area is 213 Å². The van der Waals surface area contributed by atoms with Crippen molar-refractivity contribution in [2.24, 2.45) is 50.7 Å². The molecule has 0 aromatic rings. The molecule has 0 amide bonds. The van der Waals surface area contributed by atoms with Gasteiger partial charge in [0.25, 0.3) is 0 Å². The van der Waals surface area contributed by atoms with Crippen LogP contribution in [0.3, 0.4) is 0 Å². The van der Waals surface area contributed by atoms with E-state index in [0.717, 1.165) is 44.9 Å². The molecule has 0 spiro atoms. The highest BCUT2D eigenvalue weighted by molar-refractivity contribution is 5.84. The van der Waals surface area contributed by atoms with E-state index in [1.54, 1.807) is 6.92 Å². The summed E-state index contributed by atoms with van der Waals surface area (Å²) in [6.45, 7) is 17.5. The molecule has 5 aliphatic carbocycles. The van der Waals surface area contributed by atoms with Crippen LogP contribution in [0, 0.1) is 50.7 Å². The van der Waals surface area contributed by atoms with Gasteiger partial charge in [0.1, 0.15) is 5.78 Å². The molecule has 35 heavy (non-hydrogen) atoms. The van der Waals surface area contributed by atoms with Gasteiger partial charge in [-0.15, -0.1) is 0 Å². The topological polar surface area (TPSA) is 77.8 Å². The van der Waals surface area contributed by atoms with Gasteiger partial charge >= 0.3 is 0 Å². The van der Waals surface area contributed by atoms with E-state index in [0.29, 0.717) is 18.3 Å². The number of carbonyl (C=O) groups excluding carboxylic acids is 1. The van der Waals surface area contributed by atoms with Gasteiger partial charge in [0, 0.05) is 11.3 Å². The molecule has 0 heterocycles. The zero-order chi connectivity index (χ0) is 26.0. The Morgan fingerprint density at radius 1 is 0.943 bits per heavy atom. The molecule has 5 rings (SSSR count). The predicted octanol–water partition coefficient (Wildman–Crippen LogP) is 5.68. The van der Waals surface area contributed by atoms with Gasteiger partial charge in [-0.25, -0.2) is 0 Å². The van der Waals surface area contributed by atoms with Crippen molar-refractivity contribution in [1.82, 2.24) is 0 Å². The van der Waals surface area contributed by atoms with E-state index in [9.17, 15) is 20.1 Å². The SMILES string of the molecule is CC(=O)[C@]12CC[C@@H](C)[C@@](C)(O)C1C1=CCC3[C@@]4(C)C[C@@H](O)[C@H](O)C(C)(C)C4CC[C@@]3(C)[C@]1(C)CC2. The largest absolute Gasteiger partial charge is 0.390 e. The first-order valence-electron chi connectivity index (χ1n) is 14.3. The van der Waals surface area contributed by atoms with Crippen molar-refractivity contribution in [3.8, 4) is 0 Å². The molecule has 4 fully saturated rings. The lowest BCUT2D eigenvalue weighted by Crippen LogP contribution is -2.68. The van der Waals surface area contributed by atoms with Gasteiger partial charge in [0.2, 0.25) is 0 Å². The van der Waals surface area contributed by atoms with Gasteiger partial charge < -0.3 is 15.3 Å². The minimum absolute atomic E-state index is 0.0279. The molecule has 5 aliphatic rings. The second-order valence-corrected chi connectivity index (χ2v) is 15.1. The van der Waals surface area contributed by atoms with Crippen molar-refractivity contribution in [2.75, 3.05) is 0 Å². The lowest BCUT2D eigenvalue weighted by atomic mass is 9.32. The summed E-state index contributed by atoms with van der Waals surface area (Å²) in [7, 11) is 0. The summed E-state index contributed by atoms with van der Waals surface area (Å²) < 4.78 is 0. The summed E-state index contributed by atoms with van der Waals surface area (Å²) in [5.41, 5.74) is -0.421. The van der Waals surface area contributed by atoms with Crippen LogP contribution in [0.25, 0.3) is 0 Å². The van der Waals surface area contributed by atoms with Crippen LogP contribution in [0.4, 0.5) is 0 Å². The van der Waals surface area contributed by atoms with Crippen molar-refractivity contribution in [3.05, 3.63) is 11.6 Å². The third kappa shape index (κ3) is 2.94. The van der Waals surface area contributed by atoms with Gasteiger partial charge in [-0.2, -0.15) is 0 Å². The van der Waals surface area contributed by atoms with Gasteiger partial charge in [0.05, 0.1) is 17.8 Å². The van der Waals surface area contributed by atoms with Crippen LogP contribution in [0.1, 0.15) is 107 Å². The fourth-order valence-corrected chi connectivity index (χ4v) is 11.2. The number of Topliss-reactive ketones (excluding diaryl/α,β-unsaturated/α-hetero) is 1. The lowest BCUT2D eigenvalue weighted by molar-refractivity contribution is -0.235. The van der Waals surface area contributed by atoms with E-state index in [-0.39, 0.29) is 39.3 Å². The maximum Gasteiger partial charge on any atom is 0.136 e. The van der Waals surface area contributed by atoms with Crippen LogP contribution in [-0.4, -0.2) is 38.9 Å². The molecule has 4 heteroatoms. The Morgan fingerprint density at radius 2 is 1.60 bits per heavy atom. The fraction of sp³-hybridized carbons (Fsp3) is 0.903. The number of fused-ring (bicyclic) bond motifs is 7. The third-order valence-corrected chi connectivity index (χ3v) is 13.7. The summed E-state index contributed by atoms with van der Waals surface area (Å²) >= 11 is 0. The highest BCUT2D eigenvalue weighted by atomic mass is 16.3. The normalized spacial score (nSPS) is 57.2. The average Bonchev–Trinajstić information content (AvgIpc) is 2.75. The van der Waals surface area contributed by atoms with Crippen molar-refractivity contribution in [1.29, 1.82) is 0 Å². The van der Waals surface area contributed by atoms with E-state index in [1.807, 2.05) is 6.92 Å². The number of hydrogen-bond acceptors (Lipinski definition) is 4. The standard InChI is InChI=1S/C31H50O4/c1-18-11-14-31(19(2)32)16-15-28(6)20(24(31)30(18,8)35)9-10-23-27(5)17-21(33)25(34)26(3,4)22(27)12-13-29(23,28)7/h9,18,21-25,33-35H,10-17H2,1-8H3/t18-,21-,22?,23?,24?,25+,27+,28-,29-,30-,31-/m1/s1. The molecule has 4 saturated carbocycles. The van der Waals surface area contributed by atoms with Crippen LogP contribution in [0.15, 0.2) is 11.6 Å². The molecule has 0 radical (unpaired) electrons. The summed E-state index contributed by atoms with van der Waals surface area (Å²) in [6, 6.07) is 0. The molecule has 0 aromatic heterocycles. The molecular formula is C31H50O4. The third-order valence-electron chi connectivity index (χ3n) is 13.7. The Balaban J connectivity index is 1.65. The number of aliphatic hydroxyl groups is 3. The van der Waals surface area contributed by atoms with Crippen LogP contribution in [0.2, 0.25) is 0 Å². The molecule has 3 unspecified atom stereocenters. The van der Waals surface area contributed by atoms with Crippen molar-refractivity contribution in [2.45, 2.75) is 125 Å². The molecule has 0 aliphatic heterocycles. The van der Waals surface area contributed by atoms with E-state index < -0.39 is 23.2 Å². The molecule has 198 valence electrons. The summed E-state index contributed by atoms with van der Waals surface area (Å²) in [6.07, 6.45) is 8.44. The highest BCUT2D eigenvalue weighted by Crippen LogP contribution is 2.76. The first-order valence-corrected chi connectivity index (χ1v) is 14.3. The number of carbonyl (C=O) groups is 1. The zero-order valence-corrected chi connectivity index (χ0v) is 23.4.